The maximum atomic E-state index is 11.3. The number of anilines is 1. The minimum atomic E-state index is -0.423. The van der Waals surface area contributed by atoms with Crippen molar-refractivity contribution in [1.29, 1.82) is 0 Å². The highest BCUT2D eigenvalue weighted by atomic mass is 16.5. The van der Waals surface area contributed by atoms with Crippen molar-refractivity contribution in [1.82, 2.24) is 0 Å². The summed E-state index contributed by atoms with van der Waals surface area (Å²) in [5.41, 5.74) is 6.65. The van der Waals surface area contributed by atoms with E-state index < -0.39 is 5.91 Å². The van der Waals surface area contributed by atoms with Gasteiger partial charge in [-0.2, -0.15) is 0 Å². The van der Waals surface area contributed by atoms with Gasteiger partial charge in [0.15, 0.2) is 0 Å². The van der Waals surface area contributed by atoms with Crippen LogP contribution < -0.4 is 15.8 Å². The van der Waals surface area contributed by atoms with Crippen LogP contribution in [0.4, 0.5) is 5.69 Å². The standard InChI is InChI=1S/C17H28N2O2/c1-4-5-6-7-8-9-13(2)19-15-12-14(17(18)20)10-11-16(15)21-3/h10-13,19H,4-9H2,1-3H3,(H2,18,20). The highest BCUT2D eigenvalue weighted by Crippen LogP contribution is 2.26. The first-order valence-corrected chi connectivity index (χ1v) is 7.82. The molecule has 1 amide bonds. The van der Waals surface area contributed by atoms with E-state index in [1.165, 1.54) is 32.1 Å². The number of ether oxygens (including phenoxy) is 1. The molecule has 0 aliphatic heterocycles. The lowest BCUT2D eigenvalue weighted by molar-refractivity contribution is 0.100. The van der Waals surface area contributed by atoms with Gasteiger partial charge in [0.05, 0.1) is 12.8 Å². The monoisotopic (exact) mass is 292 g/mol. The number of carbonyl (C=O) groups excluding carboxylic acids is 1. The van der Waals surface area contributed by atoms with E-state index in [9.17, 15) is 4.79 Å². The largest absolute Gasteiger partial charge is 0.495 e. The number of rotatable bonds is 10. The number of hydrogen-bond donors (Lipinski definition) is 2. The van der Waals surface area contributed by atoms with Crippen molar-refractivity contribution >= 4 is 11.6 Å². The summed E-state index contributed by atoms with van der Waals surface area (Å²) < 4.78 is 5.32. The van der Waals surface area contributed by atoms with Crippen LogP contribution in [-0.2, 0) is 0 Å². The summed E-state index contributed by atoms with van der Waals surface area (Å²) >= 11 is 0. The molecule has 0 aromatic heterocycles. The van der Waals surface area contributed by atoms with Gasteiger partial charge in [-0.3, -0.25) is 4.79 Å². The van der Waals surface area contributed by atoms with Gasteiger partial charge in [0.25, 0.3) is 0 Å². The van der Waals surface area contributed by atoms with Crippen molar-refractivity contribution in [2.75, 3.05) is 12.4 Å². The van der Waals surface area contributed by atoms with Crippen LogP contribution in [-0.4, -0.2) is 19.1 Å². The average Bonchev–Trinajstić information content (AvgIpc) is 2.46. The number of carbonyl (C=O) groups is 1. The number of primary amides is 1. The van der Waals surface area contributed by atoms with Crippen LogP contribution in [0.5, 0.6) is 5.75 Å². The highest BCUT2D eigenvalue weighted by molar-refractivity contribution is 5.94. The summed E-state index contributed by atoms with van der Waals surface area (Å²) in [7, 11) is 1.62. The maximum absolute atomic E-state index is 11.3. The summed E-state index contributed by atoms with van der Waals surface area (Å²) in [4.78, 5) is 11.3. The Labute approximate surface area is 128 Å². The van der Waals surface area contributed by atoms with Crippen LogP contribution in [0.25, 0.3) is 0 Å². The summed E-state index contributed by atoms with van der Waals surface area (Å²) in [6, 6.07) is 5.55. The van der Waals surface area contributed by atoms with Crippen LogP contribution in [0.15, 0.2) is 18.2 Å². The van der Waals surface area contributed by atoms with Gasteiger partial charge in [-0.15, -0.1) is 0 Å². The van der Waals surface area contributed by atoms with Crippen molar-refractivity contribution in [2.24, 2.45) is 5.73 Å². The van der Waals surface area contributed by atoms with Gasteiger partial charge in [0.1, 0.15) is 5.75 Å². The number of unbranched alkanes of at least 4 members (excludes halogenated alkanes) is 4. The zero-order valence-corrected chi connectivity index (χ0v) is 13.4. The van der Waals surface area contributed by atoms with Crippen LogP contribution >= 0.6 is 0 Å². The van der Waals surface area contributed by atoms with Crippen molar-refractivity contribution in [3.05, 3.63) is 23.8 Å². The SMILES string of the molecule is CCCCCCCC(C)Nc1cc(C(N)=O)ccc1OC. The van der Waals surface area contributed by atoms with Gasteiger partial charge in [-0.1, -0.05) is 39.0 Å². The molecule has 4 heteroatoms. The first-order chi connectivity index (χ1) is 10.1. The average molecular weight is 292 g/mol. The zero-order valence-electron chi connectivity index (χ0n) is 13.4. The molecule has 0 aliphatic rings. The smallest absolute Gasteiger partial charge is 0.248 e. The Morgan fingerprint density at radius 3 is 2.62 bits per heavy atom. The van der Waals surface area contributed by atoms with E-state index in [4.69, 9.17) is 10.5 Å². The summed E-state index contributed by atoms with van der Waals surface area (Å²) in [6.07, 6.45) is 7.49. The Morgan fingerprint density at radius 2 is 2.00 bits per heavy atom. The molecule has 0 heterocycles. The molecule has 0 aliphatic carbocycles. The minimum absolute atomic E-state index is 0.337. The third-order valence-electron chi connectivity index (χ3n) is 3.63. The molecule has 1 aromatic rings. The van der Waals surface area contributed by atoms with E-state index in [0.29, 0.717) is 11.6 Å². The summed E-state index contributed by atoms with van der Waals surface area (Å²) in [5, 5.41) is 3.41. The molecule has 0 saturated heterocycles. The normalized spacial score (nSPS) is 12.0. The number of nitrogens with two attached hydrogens (primary N) is 1. The van der Waals surface area contributed by atoms with Gasteiger partial charge in [0, 0.05) is 11.6 Å². The van der Waals surface area contributed by atoms with E-state index in [1.54, 1.807) is 25.3 Å². The van der Waals surface area contributed by atoms with Gasteiger partial charge in [-0.25, -0.2) is 0 Å². The van der Waals surface area contributed by atoms with E-state index in [1.807, 2.05) is 0 Å². The van der Waals surface area contributed by atoms with Crippen LogP contribution in [0.2, 0.25) is 0 Å². The Bertz CT molecular complexity index is 446. The zero-order chi connectivity index (χ0) is 15.7. The van der Waals surface area contributed by atoms with Gasteiger partial charge in [0.2, 0.25) is 5.91 Å². The first kappa shape index (κ1) is 17.3. The number of hydrogen-bond acceptors (Lipinski definition) is 3. The Balaban J connectivity index is 2.55. The third-order valence-corrected chi connectivity index (χ3v) is 3.63. The highest BCUT2D eigenvalue weighted by Gasteiger charge is 2.10. The summed E-state index contributed by atoms with van der Waals surface area (Å²) in [5.74, 6) is 0.311. The molecule has 118 valence electrons. The van der Waals surface area contributed by atoms with E-state index >= 15 is 0 Å². The van der Waals surface area contributed by atoms with Gasteiger partial charge >= 0.3 is 0 Å². The Hall–Kier alpha value is -1.71. The third kappa shape index (κ3) is 6.06. The molecule has 3 N–H and O–H groups in total. The quantitative estimate of drug-likeness (QED) is 0.642. The maximum Gasteiger partial charge on any atom is 0.248 e. The van der Waals surface area contributed by atoms with Gasteiger partial charge < -0.3 is 15.8 Å². The summed E-state index contributed by atoms with van der Waals surface area (Å²) in [6.45, 7) is 4.37. The van der Waals surface area contributed by atoms with Crippen molar-refractivity contribution in [3.8, 4) is 5.75 Å². The predicted molar refractivity (Wildman–Crippen MR) is 88.0 cm³/mol. The van der Waals surface area contributed by atoms with Crippen LogP contribution in [0.1, 0.15) is 62.7 Å². The predicted octanol–water partition coefficient (Wildman–Crippen LogP) is 3.96. The molecule has 0 radical (unpaired) electrons. The molecule has 21 heavy (non-hydrogen) atoms. The Morgan fingerprint density at radius 1 is 1.29 bits per heavy atom. The van der Waals surface area contributed by atoms with Crippen molar-refractivity contribution in [2.45, 2.75) is 58.4 Å². The number of nitrogens with one attached hydrogen (secondary N) is 1. The molecule has 0 saturated carbocycles. The molecule has 1 rings (SSSR count). The first-order valence-electron chi connectivity index (χ1n) is 7.82. The molecule has 0 bridgehead atoms. The van der Waals surface area contributed by atoms with E-state index in [2.05, 4.69) is 19.2 Å². The lowest BCUT2D eigenvalue weighted by atomic mass is 10.1. The number of methoxy groups -OCH3 is 1. The Kier molecular flexibility index (Phi) is 7.65. The van der Waals surface area contributed by atoms with Crippen molar-refractivity contribution in [3.63, 3.8) is 0 Å². The molecule has 1 aromatic carbocycles. The lowest BCUT2D eigenvalue weighted by Crippen LogP contribution is -2.17. The number of amides is 1. The molecule has 0 fully saturated rings. The van der Waals surface area contributed by atoms with Gasteiger partial charge in [-0.05, 0) is 31.5 Å². The number of benzene rings is 1. The fraction of sp³-hybridized carbons (Fsp3) is 0.588. The topological polar surface area (TPSA) is 64.3 Å². The molecular formula is C17H28N2O2. The minimum Gasteiger partial charge on any atom is -0.495 e. The fourth-order valence-corrected chi connectivity index (χ4v) is 2.37. The molecule has 1 atom stereocenters. The molecule has 1 unspecified atom stereocenters. The molecular weight excluding hydrogens is 264 g/mol. The molecule has 4 nitrogen and oxygen atoms in total. The second-order valence-corrected chi connectivity index (χ2v) is 5.53. The molecule has 0 spiro atoms. The lowest BCUT2D eigenvalue weighted by Gasteiger charge is -2.18. The van der Waals surface area contributed by atoms with E-state index in [-0.39, 0.29) is 0 Å². The second-order valence-electron chi connectivity index (χ2n) is 5.53. The second kappa shape index (κ2) is 9.27. The van der Waals surface area contributed by atoms with E-state index in [0.717, 1.165) is 17.9 Å². The van der Waals surface area contributed by atoms with Crippen LogP contribution in [0.3, 0.4) is 0 Å². The van der Waals surface area contributed by atoms with Crippen LogP contribution in [0, 0.1) is 0 Å². The van der Waals surface area contributed by atoms with Crippen molar-refractivity contribution < 1.29 is 9.53 Å². The fourth-order valence-electron chi connectivity index (χ4n) is 2.37.